The van der Waals surface area contributed by atoms with E-state index in [1.165, 1.54) is 6.07 Å². The Morgan fingerprint density at radius 2 is 1.89 bits per heavy atom. The van der Waals surface area contributed by atoms with Crippen LogP contribution < -0.4 is 5.32 Å². The van der Waals surface area contributed by atoms with Crippen molar-refractivity contribution in [1.82, 2.24) is 5.32 Å². The largest absolute Gasteiger partial charge is 0.348 e. The van der Waals surface area contributed by atoms with E-state index >= 15 is 0 Å². The van der Waals surface area contributed by atoms with Crippen LogP contribution in [0, 0.1) is 12.7 Å². The summed E-state index contributed by atoms with van der Waals surface area (Å²) in [5.74, 6) is -0.957. The lowest BCUT2D eigenvalue weighted by Gasteiger charge is -2.08. The van der Waals surface area contributed by atoms with E-state index in [1.54, 1.807) is 12.1 Å². The monoisotopic (exact) mass is 321 g/mol. The van der Waals surface area contributed by atoms with Crippen molar-refractivity contribution < 1.29 is 9.18 Å². The van der Waals surface area contributed by atoms with Crippen molar-refractivity contribution >= 4 is 21.8 Å². The van der Waals surface area contributed by atoms with Crippen molar-refractivity contribution in [2.24, 2.45) is 0 Å². The fraction of sp³-hybridized carbons (Fsp3) is 0.133. The molecule has 2 rings (SSSR count). The van der Waals surface area contributed by atoms with E-state index in [2.05, 4.69) is 21.2 Å². The molecule has 2 aromatic rings. The van der Waals surface area contributed by atoms with E-state index in [4.69, 9.17) is 0 Å². The summed E-state index contributed by atoms with van der Waals surface area (Å²) in [4.78, 5) is 11.9. The first-order chi connectivity index (χ1) is 9.08. The first-order valence-corrected chi connectivity index (χ1v) is 6.65. The second kappa shape index (κ2) is 5.97. The summed E-state index contributed by atoms with van der Waals surface area (Å²) in [6.07, 6.45) is 0. The Morgan fingerprint density at radius 3 is 2.53 bits per heavy atom. The SMILES string of the molecule is Cc1ccc(CNC(=O)c2c(F)cccc2Br)cc1. The summed E-state index contributed by atoms with van der Waals surface area (Å²) in [7, 11) is 0. The molecule has 19 heavy (non-hydrogen) atoms. The van der Waals surface area contributed by atoms with Gasteiger partial charge in [0.15, 0.2) is 0 Å². The van der Waals surface area contributed by atoms with Gasteiger partial charge < -0.3 is 5.32 Å². The highest BCUT2D eigenvalue weighted by molar-refractivity contribution is 9.10. The summed E-state index contributed by atoms with van der Waals surface area (Å²) < 4.78 is 14.0. The molecule has 1 amide bonds. The predicted octanol–water partition coefficient (Wildman–Crippen LogP) is 3.83. The van der Waals surface area contributed by atoms with E-state index in [-0.39, 0.29) is 5.56 Å². The molecule has 0 atom stereocenters. The molecule has 98 valence electrons. The zero-order valence-electron chi connectivity index (χ0n) is 10.4. The number of amides is 1. The third-order valence-electron chi connectivity index (χ3n) is 2.76. The molecule has 0 unspecified atom stereocenters. The van der Waals surface area contributed by atoms with Crippen molar-refractivity contribution in [3.05, 3.63) is 69.4 Å². The Labute approximate surface area is 119 Å². The van der Waals surface area contributed by atoms with Gasteiger partial charge in [0, 0.05) is 11.0 Å². The molecule has 0 spiro atoms. The first-order valence-electron chi connectivity index (χ1n) is 5.85. The molecule has 0 saturated heterocycles. The molecule has 0 aromatic heterocycles. The molecular weight excluding hydrogens is 309 g/mol. The predicted molar refractivity (Wildman–Crippen MR) is 76.4 cm³/mol. The van der Waals surface area contributed by atoms with Crippen LogP contribution in [0.4, 0.5) is 4.39 Å². The van der Waals surface area contributed by atoms with Gasteiger partial charge in [-0.2, -0.15) is 0 Å². The Morgan fingerprint density at radius 1 is 1.21 bits per heavy atom. The molecule has 0 fully saturated rings. The summed E-state index contributed by atoms with van der Waals surface area (Å²) in [6.45, 7) is 2.37. The van der Waals surface area contributed by atoms with Gasteiger partial charge in [-0.3, -0.25) is 4.79 Å². The second-order valence-corrected chi connectivity index (χ2v) is 5.12. The highest BCUT2D eigenvalue weighted by atomic mass is 79.9. The second-order valence-electron chi connectivity index (χ2n) is 4.26. The first kappa shape index (κ1) is 13.7. The number of rotatable bonds is 3. The molecule has 0 aliphatic rings. The van der Waals surface area contributed by atoms with Crippen LogP contribution in [0.5, 0.6) is 0 Å². The minimum Gasteiger partial charge on any atom is -0.348 e. The number of hydrogen-bond acceptors (Lipinski definition) is 1. The zero-order chi connectivity index (χ0) is 13.8. The van der Waals surface area contributed by atoms with Gasteiger partial charge in [-0.1, -0.05) is 35.9 Å². The summed E-state index contributed by atoms with van der Waals surface area (Å²) in [5, 5.41) is 2.71. The lowest BCUT2D eigenvalue weighted by Crippen LogP contribution is -2.24. The molecule has 0 heterocycles. The van der Waals surface area contributed by atoms with Gasteiger partial charge in [0.05, 0.1) is 5.56 Å². The van der Waals surface area contributed by atoms with Crippen molar-refractivity contribution in [3.63, 3.8) is 0 Å². The quantitative estimate of drug-likeness (QED) is 0.914. The molecular formula is C15H13BrFNO. The van der Waals surface area contributed by atoms with Crippen LogP contribution in [0.25, 0.3) is 0 Å². The van der Waals surface area contributed by atoms with Crippen LogP contribution >= 0.6 is 15.9 Å². The van der Waals surface area contributed by atoms with Gasteiger partial charge in [0.25, 0.3) is 5.91 Å². The van der Waals surface area contributed by atoms with Crippen LogP contribution in [0.3, 0.4) is 0 Å². The maximum absolute atomic E-state index is 13.6. The van der Waals surface area contributed by atoms with Crippen molar-refractivity contribution in [3.8, 4) is 0 Å². The van der Waals surface area contributed by atoms with E-state index in [9.17, 15) is 9.18 Å². The summed E-state index contributed by atoms with van der Waals surface area (Å²) >= 11 is 3.18. The summed E-state index contributed by atoms with van der Waals surface area (Å²) in [6, 6.07) is 12.3. The third-order valence-corrected chi connectivity index (χ3v) is 3.42. The normalized spacial score (nSPS) is 10.3. The van der Waals surface area contributed by atoms with E-state index in [1.807, 2.05) is 31.2 Å². The number of aryl methyl sites for hydroxylation is 1. The summed E-state index contributed by atoms with van der Waals surface area (Å²) in [5.41, 5.74) is 2.17. The van der Waals surface area contributed by atoms with Crippen LogP contribution in [0.15, 0.2) is 46.9 Å². The van der Waals surface area contributed by atoms with Crippen molar-refractivity contribution in [2.45, 2.75) is 13.5 Å². The number of halogens is 2. The lowest BCUT2D eigenvalue weighted by molar-refractivity contribution is 0.0946. The maximum atomic E-state index is 13.6. The third kappa shape index (κ3) is 3.41. The van der Waals surface area contributed by atoms with E-state index in [0.29, 0.717) is 11.0 Å². The molecule has 0 radical (unpaired) electrons. The number of carbonyl (C=O) groups is 1. The van der Waals surface area contributed by atoms with Crippen LogP contribution in [-0.2, 0) is 6.54 Å². The van der Waals surface area contributed by atoms with Crippen LogP contribution in [-0.4, -0.2) is 5.91 Å². The number of hydrogen-bond donors (Lipinski definition) is 1. The zero-order valence-corrected chi connectivity index (χ0v) is 12.0. The Kier molecular flexibility index (Phi) is 4.32. The fourth-order valence-corrected chi connectivity index (χ4v) is 2.21. The van der Waals surface area contributed by atoms with Crippen molar-refractivity contribution in [2.75, 3.05) is 0 Å². The molecule has 2 nitrogen and oxygen atoms in total. The minimum absolute atomic E-state index is 0.0367. The molecule has 2 aromatic carbocycles. The van der Waals surface area contributed by atoms with Gasteiger partial charge in [-0.25, -0.2) is 4.39 Å². The average molecular weight is 322 g/mol. The Hall–Kier alpha value is -1.68. The molecule has 1 N–H and O–H groups in total. The molecule has 0 bridgehead atoms. The molecule has 0 saturated carbocycles. The maximum Gasteiger partial charge on any atom is 0.255 e. The topological polar surface area (TPSA) is 29.1 Å². The number of nitrogens with one attached hydrogen (secondary N) is 1. The minimum atomic E-state index is -0.532. The van der Waals surface area contributed by atoms with Gasteiger partial charge in [0.1, 0.15) is 5.82 Å². The van der Waals surface area contributed by atoms with E-state index < -0.39 is 11.7 Å². The Balaban J connectivity index is 2.07. The smallest absolute Gasteiger partial charge is 0.255 e. The highest BCUT2D eigenvalue weighted by Crippen LogP contribution is 2.19. The highest BCUT2D eigenvalue weighted by Gasteiger charge is 2.14. The van der Waals surface area contributed by atoms with Gasteiger partial charge in [-0.15, -0.1) is 0 Å². The van der Waals surface area contributed by atoms with E-state index in [0.717, 1.165) is 11.1 Å². The number of benzene rings is 2. The van der Waals surface area contributed by atoms with Crippen LogP contribution in [0.2, 0.25) is 0 Å². The molecule has 4 heteroatoms. The van der Waals surface area contributed by atoms with Gasteiger partial charge >= 0.3 is 0 Å². The molecule has 0 aliphatic heterocycles. The fourth-order valence-electron chi connectivity index (χ4n) is 1.69. The van der Waals surface area contributed by atoms with Crippen molar-refractivity contribution in [1.29, 1.82) is 0 Å². The standard InChI is InChI=1S/C15H13BrFNO/c1-10-5-7-11(8-6-10)9-18-15(19)14-12(16)3-2-4-13(14)17/h2-8H,9H2,1H3,(H,18,19). The number of carbonyl (C=O) groups excluding carboxylic acids is 1. The van der Waals surface area contributed by atoms with Crippen LogP contribution in [0.1, 0.15) is 21.5 Å². The average Bonchev–Trinajstić information content (AvgIpc) is 2.38. The van der Waals surface area contributed by atoms with Gasteiger partial charge in [0.2, 0.25) is 0 Å². The Bertz CT molecular complexity index is 575. The van der Waals surface area contributed by atoms with Gasteiger partial charge in [-0.05, 0) is 40.5 Å². The molecule has 0 aliphatic carbocycles. The lowest BCUT2D eigenvalue weighted by atomic mass is 10.1.